The quantitative estimate of drug-likeness (QED) is 0.162. The largest absolute Gasteiger partial charge is 2.00 e. The van der Waals surface area contributed by atoms with Gasteiger partial charge in [0.25, 0.3) is 0 Å². The minimum Gasteiger partial charge on any atom is -0.509 e. The van der Waals surface area contributed by atoms with E-state index in [9.17, 15) is 0 Å². The maximum absolute atomic E-state index is 6.55. The van der Waals surface area contributed by atoms with Crippen LogP contribution in [-0.4, -0.2) is 9.55 Å². The number of benzene rings is 5. The van der Waals surface area contributed by atoms with Gasteiger partial charge in [-0.2, -0.15) is 12.1 Å². The van der Waals surface area contributed by atoms with Crippen LogP contribution in [0.5, 0.6) is 11.5 Å². The van der Waals surface area contributed by atoms with E-state index in [4.69, 9.17) is 9.72 Å². The number of fused-ring (bicyclic) bond motifs is 4. The van der Waals surface area contributed by atoms with Crippen LogP contribution in [-0.2, 0) is 26.5 Å². The molecule has 8 rings (SSSR count). The number of pyridine rings is 1. The number of hydrogen-bond donors (Lipinski definition) is 0. The SMILES string of the molecule is CC(C)=C1N(c2[c-]c(Oc3[c-]c4c(cc3)c3ccccc3n4-c3cc(C(C)(C)C)ccn3)ccc2)c2ccccc2N1c1ccccc1.[Pt+2]. The Bertz CT molecular complexity index is 2350. The summed E-state index contributed by atoms with van der Waals surface area (Å²) in [6, 6.07) is 49.0. The Hall–Kier alpha value is -5.12. The van der Waals surface area contributed by atoms with Gasteiger partial charge >= 0.3 is 21.1 Å². The average Bonchev–Trinajstić information content (AvgIpc) is 3.62. The molecule has 5 aromatic carbocycles. The van der Waals surface area contributed by atoms with Crippen LogP contribution >= 0.6 is 0 Å². The summed E-state index contributed by atoms with van der Waals surface area (Å²) in [6.45, 7) is 11.0. The minimum absolute atomic E-state index is 0. The summed E-state index contributed by atoms with van der Waals surface area (Å²) in [6.07, 6.45) is 1.90. The van der Waals surface area contributed by atoms with Crippen molar-refractivity contribution in [3.05, 3.63) is 157 Å². The van der Waals surface area contributed by atoms with E-state index in [0.29, 0.717) is 11.5 Å². The molecular formula is C43H36N4OPt. The summed E-state index contributed by atoms with van der Waals surface area (Å²) in [5.41, 5.74) is 8.62. The summed E-state index contributed by atoms with van der Waals surface area (Å²) in [7, 11) is 0. The fourth-order valence-corrected chi connectivity index (χ4v) is 6.62. The number of para-hydroxylation sites is 4. The number of rotatable bonds is 5. The van der Waals surface area contributed by atoms with Gasteiger partial charge in [-0.15, -0.1) is 35.7 Å². The van der Waals surface area contributed by atoms with Crippen LogP contribution in [0.1, 0.15) is 40.2 Å². The van der Waals surface area contributed by atoms with Gasteiger partial charge in [0.15, 0.2) is 0 Å². The fourth-order valence-electron chi connectivity index (χ4n) is 6.62. The predicted molar refractivity (Wildman–Crippen MR) is 197 cm³/mol. The number of anilines is 4. The van der Waals surface area contributed by atoms with E-state index in [1.807, 2.05) is 30.5 Å². The van der Waals surface area contributed by atoms with E-state index < -0.39 is 0 Å². The zero-order valence-electron chi connectivity index (χ0n) is 28.1. The molecule has 2 aromatic heterocycles. The molecule has 0 aliphatic carbocycles. The Morgan fingerprint density at radius 3 is 2.12 bits per heavy atom. The standard InChI is InChI=1S/C43H36N4O.Pt/c1-29(2)42-45(31-14-7-6-8-15-31)38-20-11-12-21-39(38)46(42)32-16-13-17-33(27-32)48-34-22-23-36-35-18-9-10-19-37(35)47(40(36)28-34)41-26-30(24-25-44-41)43(3,4)5;/h6-26H,1-5H3;/q-2;+2. The normalized spacial score (nSPS) is 12.7. The molecule has 1 aliphatic rings. The number of allylic oxidation sites excluding steroid dienone is 1. The molecule has 3 heterocycles. The van der Waals surface area contributed by atoms with Crippen LogP contribution < -0.4 is 14.5 Å². The van der Waals surface area contributed by atoms with Crippen molar-refractivity contribution in [1.29, 1.82) is 0 Å². The molecule has 0 radical (unpaired) electrons. The van der Waals surface area contributed by atoms with Gasteiger partial charge in [0.05, 0.1) is 11.4 Å². The second kappa shape index (κ2) is 12.7. The van der Waals surface area contributed by atoms with Crippen LogP contribution in [0, 0.1) is 12.1 Å². The zero-order valence-corrected chi connectivity index (χ0v) is 30.4. The second-order valence-electron chi connectivity index (χ2n) is 13.4. The molecule has 0 fully saturated rings. The van der Waals surface area contributed by atoms with Crippen molar-refractivity contribution in [3.63, 3.8) is 0 Å². The summed E-state index contributed by atoms with van der Waals surface area (Å²) < 4.78 is 8.73. The van der Waals surface area contributed by atoms with Crippen molar-refractivity contribution in [3.8, 4) is 17.3 Å². The third-order valence-electron chi connectivity index (χ3n) is 8.86. The van der Waals surface area contributed by atoms with Gasteiger partial charge in [0.1, 0.15) is 11.6 Å². The van der Waals surface area contributed by atoms with Crippen molar-refractivity contribution < 1.29 is 25.8 Å². The molecule has 0 spiro atoms. The van der Waals surface area contributed by atoms with Crippen molar-refractivity contribution in [2.24, 2.45) is 0 Å². The van der Waals surface area contributed by atoms with E-state index >= 15 is 0 Å². The molecule has 49 heavy (non-hydrogen) atoms. The van der Waals surface area contributed by atoms with Crippen molar-refractivity contribution >= 4 is 44.6 Å². The molecule has 0 N–H and O–H groups in total. The molecule has 0 unspecified atom stereocenters. The maximum atomic E-state index is 6.55. The third kappa shape index (κ3) is 5.72. The monoisotopic (exact) mass is 819 g/mol. The summed E-state index contributed by atoms with van der Waals surface area (Å²) in [5, 5.41) is 2.25. The number of aromatic nitrogens is 2. The minimum atomic E-state index is -0.00532. The Morgan fingerprint density at radius 2 is 1.37 bits per heavy atom. The summed E-state index contributed by atoms with van der Waals surface area (Å²) >= 11 is 0. The van der Waals surface area contributed by atoms with Gasteiger partial charge in [0.2, 0.25) is 0 Å². The first kappa shape index (κ1) is 32.4. The van der Waals surface area contributed by atoms with E-state index in [-0.39, 0.29) is 26.5 Å². The van der Waals surface area contributed by atoms with Gasteiger partial charge < -0.3 is 14.2 Å². The zero-order chi connectivity index (χ0) is 33.0. The van der Waals surface area contributed by atoms with E-state index in [2.05, 4.69) is 158 Å². The first-order chi connectivity index (χ1) is 23.3. The number of hydrogen-bond acceptors (Lipinski definition) is 4. The molecule has 7 aromatic rings. The maximum Gasteiger partial charge on any atom is 2.00 e. The third-order valence-corrected chi connectivity index (χ3v) is 8.86. The smallest absolute Gasteiger partial charge is 0.509 e. The molecule has 0 saturated heterocycles. The molecule has 1 aliphatic heterocycles. The molecule has 0 amide bonds. The van der Waals surface area contributed by atoms with Crippen molar-refractivity contribution in [2.45, 2.75) is 40.0 Å². The molecule has 0 bridgehead atoms. The van der Waals surface area contributed by atoms with Crippen LogP contribution in [0.4, 0.5) is 22.7 Å². The molecule has 6 heteroatoms. The molecule has 5 nitrogen and oxygen atoms in total. The summed E-state index contributed by atoms with van der Waals surface area (Å²) in [4.78, 5) is 9.40. The number of nitrogens with zero attached hydrogens (tertiary/aromatic N) is 4. The topological polar surface area (TPSA) is 33.5 Å². The predicted octanol–water partition coefficient (Wildman–Crippen LogP) is 11.4. The average molecular weight is 820 g/mol. The Kier molecular flexibility index (Phi) is 8.42. The molecular weight excluding hydrogens is 784 g/mol. The molecule has 0 atom stereocenters. The van der Waals surface area contributed by atoms with Gasteiger partial charge in [-0.05, 0) is 78.2 Å². The van der Waals surface area contributed by atoms with Crippen LogP contribution in [0.2, 0.25) is 0 Å². The Labute approximate surface area is 302 Å². The van der Waals surface area contributed by atoms with Crippen LogP contribution in [0.25, 0.3) is 27.6 Å². The Morgan fingerprint density at radius 1 is 0.673 bits per heavy atom. The van der Waals surface area contributed by atoms with E-state index in [0.717, 1.165) is 56.2 Å². The van der Waals surface area contributed by atoms with Crippen molar-refractivity contribution in [2.75, 3.05) is 9.80 Å². The van der Waals surface area contributed by atoms with Crippen LogP contribution in [0.15, 0.2) is 139 Å². The van der Waals surface area contributed by atoms with Gasteiger partial charge in [-0.25, -0.2) is 4.98 Å². The van der Waals surface area contributed by atoms with Crippen LogP contribution in [0.3, 0.4) is 0 Å². The molecule has 0 saturated carbocycles. The molecule has 244 valence electrons. The van der Waals surface area contributed by atoms with Crippen molar-refractivity contribution in [1.82, 2.24) is 9.55 Å². The second-order valence-corrected chi connectivity index (χ2v) is 13.4. The number of ether oxygens (including phenoxy) is 1. The van der Waals surface area contributed by atoms with Gasteiger partial charge in [-0.1, -0.05) is 80.5 Å². The Balaban J connectivity index is 0.00000378. The van der Waals surface area contributed by atoms with E-state index in [1.165, 1.54) is 11.1 Å². The first-order valence-corrected chi connectivity index (χ1v) is 16.3. The van der Waals surface area contributed by atoms with Gasteiger partial charge in [-0.3, -0.25) is 4.90 Å². The fraction of sp³-hybridized carbons (Fsp3) is 0.140. The van der Waals surface area contributed by atoms with Gasteiger partial charge in [0, 0.05) is 28.9 Å². The summed E-state index contributed by atoms with van der Waals surface area (Å²) in [5.74, 6) is 3.17. The van der Waals surface area contributed by atoms with E-state index in [1.54, 1.807) is 0 Å². The first-order valence-electron chi connectivity index (χ1n) is 16.3.